The third kappa shape index (κ3) is 45.2. The summed E-state index contributed by atoms with van der Waals surface area (Å²) in [5, 5.41) is 0. The summed E-state index contributed by atoms with van der Waals surface area (Å²) in [5.74, 6) is -0.865. The topological polar surface area (TPSA) is 108 Å². The lowest BCUT2D eigenvalue weighted by atomic mass is 10.1. The molecule has 0 aliphatic heterocycles. The number of carbonyl (C=O) groups is 2. The first-order valence-electron chi connectivity index (χ1n) is 24.0. The Labute approximate surface area is 368 Å². The van der Waals surface area contributed by atoms with Crippen LogP contribution in [0.5, 0.6) is 0 Å². The quantitative estimate of drug-likeness (QED) is 0.0212. The number of allylic oxidation sites excluding steroid dienone is 10. The second kappa shape index (κ2) is 42.0. The Morgan fingerprint density at radius 3 is 1.42 bits per heavy atom. The van der Waals surface area contributed by atoms with Gasteiger partial charge < -0.3 is 18.9 Å². The summed E-state index contributed by atoms with van der Waals surface area (Å²) >= 11 is 0. The van der Waals surface area contributed by atoms with Crippen LogP contribution in [0.3, 0.4) is 0 Å². The molecule has 0 amide bonds. The van der Waals surface area contributed by atoms with E-state index in [2.05, 4.69) is 74.6 Å². The standard InChI is InChI=1S/C50H90NO8P/c1-6-8-10-12-14-16-18-20-22-24-25-27-29-31-33-35-37-39-41-43-50(53)59-48(47-58-60(54,55)57-45-44-51(3,4)5)46-56-49(52)42-40-38-36-34-32-30-28-26-23-21-19-17-15-13-11-9-7-2/h14,16,20-23,28,30,34,36,48H,6-13,15,17-19,24-27,29,31-33,35,37-47H2,1-5H3/p+1/b16-14+,22-20+,23-21+,30-28+,36-34+/t48-/m1/s1. The molecule has 0 spiro atoms. The van der Waals surface area contributed by atoms with Crippen LogP contribution in [-0.4, -0.2) is 74.9 Å². The van der Waals surface area contributed by atoms with Gasteiger partial charge in [-0.15, -0.1) is 0 Å². The summed E-state index contributed by atoms with van der Waals surface area (Å²) in [6.07, 6.45) is 51.3. The van der Waals surface area contributed by atoms with E-state index >= 15 is 0 Å². The molecular weight excluding hydrogens is 774 g/mol. The normalized spacial score (nSPS) is 14.0. The number of rotatable bonds is 43. The van der Waals surface area contributed by atoms with Gasteiger partial charge in [0.15, 0.2) is 6.10 Å². The lowest BCUT2D eigenvalue weighted by Crippen LogP contribution is -2.37. The van der Waals surface area contributed by atoms with Crippen molar-refractivity contribution in [2.45, 2.75) is 200 Å². The van der Waals surface area contributed by atoms with Crippen LogP contribution in [0.4, 0.5) is 0 Å². The van der Waals surface area contributed by atoms with Gasteiger partial charge in [0.1, 0.15) is 19.8 Å². The molecular formula is C50H91NO8P+. The molecule has 0 radical (unpaired) electrons. The van der Waals surface area contributed by atoms with E-state index in [9.17, 15) is 19.0 Å². The zero-order valence-corrected chi connectivity index (χ0v) is 40.1. The molecule has 1 unspecified atom stereocenters. The second-order valence-electron chi connectivity index (χ2n) is 17.1. The molecule has 0 bridgehead atoms. The molecule has 0 rings (SSSR count). The number of hydrogen-bond acceptors (Lipinski definition) is 7. The molecule has 0 aliphatic rings. The maximum absolute atomic E-state index is 12.7. The lowest BCUT2D eigenvalue weighted by Gasteiger charge is -2.24. The fourth-order valence-electron chi connectivity index (χ4n) is 6.24. The Kier molecular flexibility index (Phi) is 40.4. The summed E-state index contributed by atoms with van der Waals surface area (Å²) < 4.78 is 34.3. The molecule has 348 valence electrons. The van der Waals surface area contributed by atoms with E-state index < -0.39 is 32.5 Å². The number of carbonyl (C=O) groups excluding carboxylic acids is 2. The minimum absolute atomic E-state index is 0.0212. The van der Waals surface area contributed by atoms with E-state index in [1.807, 2.05) is 21.1 Å². The van der Waals surface area contributed by atoms with Crippen LogP contribution in [0.25, 0.3) is 0 Å². The average Bonchev–Trinajstić information content (AvgIpc) is 3.20. The van der Waals surface area contributed by atoms with E-state index in [-0.39, 0.29) is 26.1 Å². The molecule has 0 saturated carbocycles. The van der Waals surface area contributed by atoms with Gasteiger partial charge in [0.05, 0.1) is 27.7 Å². The smallest absolute Gasteiger partial charge is 0.462 e. The number of phosphoric ester groups is 1. The Morgan fingerprint density at radius 1 is 0.517 bits per heavy atom. The van der Waals surface area contributed by atoms with Crippen molar-refractivity contribution >= 4 is 19.8 Å². The number of nitrogens with zero attached hydrogens (tertiary/aromatic N) is 1. The van der Waals surface area contributed by atoms with Crippen LogP contribution in [0, 0.1) is 0 Å². The highest BCUT2D eigenvalue weighted by molar-refractivity contribution is 7.47. The molecule has 0 fully saturated rings. The molecule has 0 aromatic heterocycles. The third-order valence-corrected chi connectivity index (χ3v) is 11.0. The van der Waals surface area contributed by atoms with Crippen molar-refractivity contribution in [1.29, 1.82) is 0 Å². The Morgan fingerprint density at radius 2 is 0.917 bits per heavy atom. The van der Waals surface area contributed by atoms with Crippen LogP contribution >= 0.6 is 7.82 Å². The predicted molar refractivity (Wildman–Crippen MR) is 252 cm³/mol. The van der Waals surface area contributed by atoms with Gasteiger partial charge in [-0.3, -0.25) is 18.6 Å². The van der Waals surface area contributed by atoms with Gasteiger partial charge in [0, 0.05) is 12.8 Å². The number of quaternary nitrogens is 1. The van der Waals surface area contributed by atoms with Gasteiger partial charge in [-0.1, -0.05) is 164 Å². The summed E-state index contributed by atoms with van der Waals surface area (Å²) in [6, 6.07) is 0. The van der Waals surface area contributed by atoms with Crippen molar-refractivity contribution in [3.8, 4) is 0 Å². The fourth-order valence-corrected chi connectivity index (χ4v) is 6.98. The minimum atomic E-state index is -4.39. The van der Waals surface area contributed by atoms with Crippen LogP contribution in [0.1, 0.15) is 194 Å². The van der Waals surface area contributed by atoms with Crippen molar-refractivity contribution in [2.24, 2.45) is 0 Å². The van der Waals surface area contributed by atoms with Gasteiger partial charge >= 0.3 is 19.8 Å². The van der Waals surface area contributed by atoms with E-state index in [0.29, 0.717) is 23.9 Å². The van der Waals surface area contributed by atoms with Gasteiger partial charge in [0.2, 0.25) is 0 Å². The Balaban J connectivity index is 4.39. The largest absolute Gasteiger partial charge is 0.472 e. The van der Waals surface area contributed by atoms with Gasteiger partial charge in [0.25, 0.3) is 0 Å². The van der Waals surface area contributed by atoms with Crippen molar-refractivity contribution in [3.05, 3.63) is 60.8 Å². The maximum Gasteiger partial charge on any atom is 0.472 e. The van der Waals surface area contributed by atoms with Crippen molar-refractivity contribution in [1.82, 2.24) is 0 Å². The fraction of sp³-hybridized carbons (Fsp3) is 0.760. The minimum Gasteiger partial charge on any atom is -0.462 e. The summed E-state index contributed by atoms with van der Waals surface area (Å²) in [6.45, 7) is 4.33. The summed E-state index contributed by atoms with van der Waals surface area (Å²) in [5.41, 5.74) is 0. The summed E-state index contributed by atoms with van der Waals surface area (Å²) in [4.78, 5) is 35.4. The Hall–Kier alpha value is -2.29. The molecule has 2 atom stereocenters. The van der Waals surface area contributed by atoms with E-state index in [4.69, 9.17) is 18.5 Å². The third-order valence-electron chi connectivity index (χ3n) is 10.0. The molecule has 0 aromatic carbocycles. The van der Waals surface area contributed by atoms with Gasteiger partial charge in [-0.05, 0) is 77.0 Å². The van der Waals surface area contributed by atoms with Crippen LogP contribution < -0.4 is 0 Å². The van der Waals surface area contributed by atoms with Crippen molar-refractivity contribution in [2.75, 3.05) is 47.5 Å². The number of phosphoric acid groups is 1. The molecule has 1 N–H and O–H groups in total. The summed E-state index contributed by atoms with van der Waals surface area (Å²) in [7, 11) is 1.44. The van der Waals surface area contributed by atoms with Gasteiger partial charge in [-0.2, -0.15) is 0 Å². The first kappa shape index (κ1) is 57.7. The Bertz CT molecular complexity index is 1210. The first-order valence-corrected chi connectivity index (χ1v) is 25.5. The van der Waals surface area contributed by atoms with Crippen molar-refractivity contribution < 1.29 is 42.1 Å². The lowest BCUT2D eigenvalue weighted by molar-refractivity contribution is -0.870. The van der Waals surface area contributed by atoms with Gasteiger partial charge in [-0.25, -0.2) is 4.57 Å². The maximum atomic E-state index is 12.7. The van der Waals surface area contributed by atoms with Crippen LogP contribution in [0.2, 0.25) is 0 Å². The number of unbranched alkanes of at least 4 members (excludes halogenated alkanes) is 19. The second-order valence-corrected chi connectivity index (χ2v) is 18.6. The highest BCUT2D eigenvalue weighted by Crippen LogP contribution is 2.43. The van der Waals surface area contributed by atoms with E-state index in [0.717, 1.165) is 57.8 Å². The van der Waals surface area contributed by atoms with Crippen molar-refractivity contribution in [3.63, 3.8) is 0 Å². The molecule has 0 saturated heterocycles. The number of hydrogen-bond donors (Lipinski definition) is 1. The highest BCUT2D eigenvalue weighted by atomic mass is 31.2. The SMILES string of the molecule is CCCCC/C=C/C/C=C/CCCCCCCCCCCC(=O)O[C@H](COC(=O)CCC/C=C/C/C=C/C/C=C/CCCCCCCC)COP(=O)(O)OCC[N+](C)(C)C. The van der Waals surface area contributed by atoms with E-state index in [1.165, 1.54) is 96.3 Å². The highest BCUT2D eigenvalue weighted by Gasteiger charge is 2.27. The average molecular weight is 865 g/mol. The predicted octanol–water partition coefficient (Wildman–Crippen LogP) is 14.0. The molecule has 9 nitrogen and oxygen atoms in total. The molecule has 0 heterocycles. The van der Waals surface area contributed by atoms with E-state index in [1.54, 1.807) is 0 Å². The molecule has 10 heteroatoms. The number of esters is 2. The number of likely N-dealkylation sites (N-methyl/N-ethyl adjacent to an activating group) is 1. The zero-order chi connectivity index (χ0) is 44.3. The molecule has 0 aliphatic carbocycles. The monoisotopic (exact) mass is 865 g/mol. The number of ether oxygens (including phenoxy) is 2. The first-order chi connectivity index (χ1) is 29.0. The molecule has 0 aromatic rings. The van der Waals surface area contributed by atoms with Crippen LogP contribution in [0.15, 0.2) is 60.8 Å². The van der Waals surface area contributed by atoms with Crippen LogP contribution in [-0.2, 0) is 32.7 Å². The zero-order valence-electron chi connectivity index (χ0n) is 39.2. The molecule has 60 heavy (non-hydrogen) atoms.